The Balaban J connectivity index is 1.41. The largest absolute Gasteiger partial charge is 0.342 e. The molecule has 0 spiro atoms. The minimum absolute atomic E-state index is 0.0304. The van der Waals surface area contributed by atoms with Crippen molar-refractivity contribution < 1.29 is 4.79 Å². The highest BCUT2D eigenvalue weighted by Gasteiger charge is 2.30. The van der Waals surface area contributed by atoms with Crippen LogP contribution in [-0.4, -0.2) is 33.7 Å². The average molecular weight is 365 g/mol. The van der Waals surface area contributed by atoms with Crippen molar-refractivity contribution in [3.05, 3.63) is 63.6 Å². The molecule has 27 heavy (non-hydrogen) atoms. The molecule has 5 nitrogen and oxygen atoms in total. The zero-order valence-electron chi connectivity index (χ0n) is 16.1. The van der Waals surface area contributed by atoms with Crippen LogP contribution in [0, 0.1) is 6.92 Å². The third-order valence-corrected chi connectivity index (χ3v) is 5.91. The first-order valence-electron chi connectivity index (χ1n) is 9.98. The standard InChI is InChI=1S/C22H27N3O2/c1-15-3-5-17(6-4-15)16(2)22(27)24-13-11-19(12-14-24)25-21(26)10-9-20(23-25)18-7-8-18/h3-6,9-10,16,18-19H,7-8,11-14H2,1-2H3/t16-/m0/s1. The summed E-state index contributed by atoms with van der Waals surface area (Å²) in [6.45, 7) is 5.39. The number of piperidine rings is 1. The molecule has 1 aromatic heterocycles. The summed E-state index contributed by atoms with van der Waals surface area (Å²) in [5.41, 5.74) is 3.27. The molecule has 1 atom stereocenters. The van der Waals surface area contributed by atoms with Gasteiger partial charge in [-0.3, -0.25) is 9.59 Å². The molecule has 2 aliphatic rings. The van der Waals surface area contributed by atoms with E-state index in [1.165, 1.54) is 18.4 Å². The molecule has 1 aliphatic carbocycles. The normalized spacial score (nSPS) is 19.1. The summed E-state index contributed by atoms with van der Waals surface area (Å²) in [6, 6.07) is 11.8. The first kappa shape index (κ1) is 18.0. The van der Waals surface area contributed by atoms with Crippen LogP contribution < -0.4 is 5.56 Å². The van der Waals surface area contributed by atoms with Crippen LogP contribution >= 0.6 is 0 Å². The van der Waals surface area contributed by atoms with Crippen LogP contribution in [0.5, 0.6) is 0 Å². The molecular formula is C22H27N3O2. The Hall–Kier alpha value is -2.43. The van der Waals surface area contributed by atoms with Crippen LogP contribution in [0.2, 0.25) is 0 Å². The van der Waals surface area contributed by atoms with Gasteiger partial charge in [-0.25, -0.2) is 4.68 Å². The number of aryl methyl sites for hydroxylation is 1. The summed E-state index contributed by atoms with van der Waals surface area (Å²) in [6.07, 6.45) is 3.92. The van der Waals surface area contributed by atoms with E-state index in [2.05, 4.69) is 24.2 Å². The maximum absolute atomic E-state index is 12.9. The number of hydrogen-bond acceptors (Lipinski definition) is 3. The molecule has 1 saturated heterocycles. The molecule has 5 heteroatoms. The number of aromatic nitrogens is 2. The highest BCUT2D eigenvalue weighted by atomic mass is 16.2. The van der Waals surface area contributed by atoms with Crippen LogP contribution in [0.1, 0.15) is 67.3 Å². The average Bonchev–Trinajstić information content (AvgIpc) is 3.53. The molecule has 0 unspecified atom stereocenters. The smallest absolute Gasteiger partial charge is 0.267 e. The zero-order valence-corrected chi connectivity index (χ0v) is 16.1. The first-order chi connectivity index (χ1) is 13.0. The summed E-state index contributed by atoms with van der Waals surface area (Å²) in [4.78, 5) is 27.1. The van der Waals surface area contributed by atoms with Gasteiger partial charge in [-0.05, 0) is 51.2 Å². The van der Waals surface area contributed by atoms with Crippen molar-refractivity contribution in [3.63, 3.8) is 0 Å². The highest BCUT2D eigenvalue weighted by Crippen LogP contribution is 2.38. The van der Waals surface area contributed by atoms with Gasteiger partial charge >= 0.3 is 0 Å². The summed E-state index contributed by atoms with van der Waals surface area (Å²) in [5.74, 6) is 0.569. The van der Waals surface area contributed by atoms with Gasteiger partial charge in [-0.2, -0.15) is 5.10 Å². The molecular weight excluding hydrogens is 338 g/mol. The van der Waals surface area contributed by atoms with Crippen LogP contribution in [0.4, 0.5) is 0 Å². The van der Waals surface area contributed by atoms with E-state index in [1.807, 2.05) is 30.0 Å². The maximum atomic E-state index is 12.9. The van der Waals surface area contributed by atoms with E-state index in [0.29, 0.717) is 19.0 Å². The van der Waals surface area contributed by atoms with E-state index in [9.17, 15) is 9.59 Å². The van der Waals surface area contributed by atoms with Gasteiger partial charge in [0.2, 0.25) is 5.91 Å². The summed E-state index contributed by atoms with van der Waals surface area (Å²) >= 11 is 0. The highest BCUT2D eigenvalue weighted by molar-refractivity contribution is 5.83. The number of carbonyl (C=O) groups excluding carboxylic acids is 1. The number of likely N-dealkylation sites (tertiary alicyclic amines) is 1. The van der Waals surface area contributed by atoms with Crippen molar-refractivity contribution in [2.45, 2.75) is 57.4 Å². The Kier molecular flexibility index (Phi) is 4.85. The van der Waals surface area contributed by atoms with Gasteiger partial charge in [-0.1, -0.05) is 29.8 Å². The van der Waals surface area contributed by atoms with Gasteiger partial charge in [0.05, 0.1) is 17.7 Å². The van der Waals surface area contributed by atoms with Gasteiger partial charge in [0.25, 0.3) is 5.56 Å². The monoisotopic (exact) mass is 365 g/mol. The molecule has 1 aromatic carbocycles. The number of amides is 1. The molecule has 1 saturated carbocycles. The minimum atomic E-state index is -0.138. The van der Waals surface area contributed by atoms with Crippen molar-refractivity contribution in [3.8, 4) is 0 Å². The van der Waals surface area contributed by atoms with Crippen LogP contribution in [-0.2, 0) is 4.79 Å². The molecule has 0 N–H and O–H groups in total. The fourth-order valence-corrected chi connectivity index (χ4v) is 3.90. The van der Waals surface area contributed by atoms with Crippen LogP contribution in [0.25, 0.3) is 0 Å². The van der Waals surface area contributed by atoms with Crippen molar-refractivity contribution in [2.75, 3.05) is 13.1 Å². The van der Waals surface area contributed by atoms with Crippen molar-refractivity contribution in [1.29, 1.82) is 0 Å². The van der Waals surface area contributed by atoms with E-state index in [-0.39, 0.29) is 23.4 Å². The second-order valence-corrected chi connectivity index (χ2v) is 8.00. The Bertz CT molecular complexity index is 875. The van der Waals surface area contributed by atoms with Crippen LogP contribution in [0.3, 0.4) is 0 Å². The van der Waals surface area contributed by atoms with E-state index in [0.717, 1.165) is 24.1 Å². The number of carbonyl (C=O) groups is 1. The van der Waals surface area contributed by atoms with Gasteiger partial charge < -0.3 is 4.90 Å². The van der Waals surface area contributed by atoms with Crippen molar-refractivity contribution in [2.24, 2.45) is 0 Å². The Morgan fingerprint density at radius 3 is 2.33 bits per heavy atom. The molecule has 2 fully saturated rings. The van der Waals surface area contributed by atoms with Gasteiger partial charge in [0.15, 0.2) is 0 Å². The Morgan fingerprint density at radius 2 is 1.70 bits per heavy atom. The van der Waals surface area contributed by atoms with E-state index in [4.69, 9.17) is 0 Å². The Morgan fingerprint density at radius 1 is 1.04 bits per heavy atom. The lowest BCUT2D eigenvalue weighted by atomic mass is 9.96. The van der Waals surface area contributed by atoms with E-state index >= 15 is 0 Å². The van der Waals surface area contributed by atoms with Gasteiger partial charge in [-0.15, -0.1) is 0 Å². The number of hydrogen-bond donors (Lipinski definition) is 0. The fraction of sp³-hybridized carbons (Fsp3) is 0.500. The first-order valence-corrected chi connectivity index (χ1v) is 9.98. The maximum Gasteiger partial charge on any atom is 0.267 e. The van der Waals surface area contributed by atoms with Gasteiger partial charge in [0.1, 0.15) is 0 Å². The van der Waals surface area contributed by atoms with Gasteiger partial charge in [0, 0.05) is 25.1 Å². The molecule has 0 bridgehead atoms. The molecule has 2 aromatic rings. The van der Waals surface area contributed by atoms with Crippen molar-refractivity contribution in [1.82, 2.24) is 14.7 Å². The third kappa shape index (κ3) is 3.82. The van der Waals surface area contributed by atoms with Crippen molar-refractivity contribution >= 4 is 5.91 Å². The molecule has 0 radical (unpaired) electrons. The lowest BCUT2D eigenvalue weighted by Crippen LogP contribution is -2.43. The Labute approximate surface area is 160 Å². The topological polar surface area (TPSA) is 55.2 Å². The van der Waals surface area contributed by atoms with E-state index < -0.39 is 0 Å². The third-order valence-electron chi connectivity index (χ3n) is 5.91. The summed E-state index contributed by atoms with van der Waals surface area (Å²) < 4.78 is 1.67. The predicted molar refractivity (Wildman–Crippen MR) is 105 cm³/mol. The second-order valence-electron chi connectivity index (χ2n) is 8.00. The quantitative estimate of drug-likeness (QED) is 0.834. The molecule has 1 aliphatic heterocycles. The lowest BCUT2D eigenvalue weighted by Gasteiger charge is -2.34. The lowest BCUT2D eigenvalue weighted by molar-refractivity contribution is -0.133. The summed E-state index contributed by atoms with van der Waals surface area (Å²) in [7, 11) is 0. The van der Waals surface area contributed by atoms with Crippen LogP contribution in [0.15, 0.2) is 41.2 Å². The molecule has 1 amide bonds. The molecule has 142 valence electrons. The SMILES string of the molecule is Cc1ccc([C@H](C)C(=O)N2CCC(n3nc(C4CC4)ccc3=O)CC2)cc1. The number of benzene rings is 1. The molecule has 4 rings (SSSR count). The molecule has 2 heterocycles. The predicted octanol–water partition coefficient (Wildman–Crippen LogP) is 3.40. The minimum Gasteiger partial charge on any atom is -0.342 e. The second kappa shape index (κ2) is 7.29. The summed E-state index contributed by atoms with van der Waals surface area (Å²) in [5, 5.41) is 4.62. The number of rotatable bonds is 4. The van der Waals surface area contributed by atoms with E-state index in [1.54, 1.807) is 10.7 Å². The number of nitrogens with zero attached hydrogens (tertiary/aromatic N) is 3. The zero-order chi connectivity index (χ0) is 19.0. The fourth-order valence-electron chi connectivity index (χ4n) is 3.90.